The summed E-state index contributed by atoms with van der Waals surface area (Å²) in [6, 6.07) is 0.264. The fraction of sp³-hybridized carbons (Fsp3) is 0.867. The Morgan fingerprint density at radius 2 is 1.48 bits per heavy atom. The molecule has 0 aromatic rings. The number of rotatable bonds is 3. The van der Waals surface area contributed by atoms with Gasteiger partial charge in [0, 0.05) is 13.6 Å². The van der Waals surface area contributed by atoms with Crippen LogP contribution in [0, 0.1) is 0 Å². The Kier molecular flexibility index (Phi) is 7.67. The Morgan fingerprint density at radius 1 is 1.00 bits per heavy atom. The molecular formula is C15H30N4O2. The van der Waals surface area contributed by atoms with E-state index in [0.717, 1.165) is 45.3 Å². The first-order valence-corrected chi connectivity index (χ1v) is 7.91. The molecule has 2 amide bonds. The summed E-state index contributed by atoms with van der Waals surface area (Å²) in [4.78, 5) is 26.6. The van der Waals surface area contributed by atoms with E-state index in [-0.39, 0.29) is 23.9 Å². The van der Waals surface area contributed by atoms with Crippen molar-refractivity contribution in [1.82, 2.24) is 20.4 Å². The lowest BCUT2D eigenvalue weighted by molar-refractivity contribution is -0.125. The molecule has 0 radical (unpaired) electrons. The molecule has 6 nitrogen and oxygen atoms in total. The molecule has 2 atom stereocenters. The first-order chi connectivity index (χ1) is 10.0. The first-order valence-electron chi connectivity index (χ1n) is 7.91. The van der Waals surface area contributed by atoms with Gasteiger partial charge in [0.1, 0.15) is 0 Å². The van der Waals surface area contributed by atoms with Crippen molar-refractivity contribution < 1.29 is 9.59 Å². The molecule has 2 aliphatic rings. The number of hydrogen-bond donors (Lipinski definition) is 2. The minimum atomic E-state index is 0.130. The normalized spacial score (nSPS) is 26.1. The SMILES string of the molecule is CCNC(=O)[C@@H]1CCCN1C.CNC(=O)[C@@H]1CCCN1C. The highest BCUT2D eigenvalue weighted by molar-refractivity contribution is 5.82. The predicted octanol–water partition coefficient (Wildman–Crippen LogP) is 0.0433. The van der Waals surface area contributed by atoms with Gasteiger partial charge < -0.3 is 10.6 Å². The van der Waals surface area contributed by atoms with Gasteiger partial charge in [-0.1, -0.05) is 0 Å². The third-order valence-corrected chi connectivity index (χ3v) is 4.24. The minimum Gasteiger partial charge on any atom is -0.358 e. The molecule has 0 saturated carbocycles. The van der Waals surface area contributed by atoms with E-state index >= 15 is 0 Å². The Balaban J connectivity index is 0.000000211. The standard InChI is InChI=1S/C8H16N2O.C7H14N2O/c1-3-9-8(11)7-5-4-6-10(7)2;1-8-7(10)6-4-3-5-9(6)2/h7H,3-6H2,1-2H3,(H,9,11);6H,3-5H2,1-2H3,(H,8,10)/t7-;6-/m00/s1. The summed E-state index contributed by atoms with van der Waals surface area (Å²) in [6.45, 7) is 4.80. The van der Waals surface area contributed by atoms with E-state index in [0.29, 0.717) is 0 Å². The second-order valence-corrected chi connectivity index (χ2v) is 5.79. The Morgan fingerprint density at radius 3 is 1.81 bits per heavy atom. The van der Waals surface area contributed by atoms with Gasteiger partial charge in [-0.3, -0.25) is 19.4 Å². The van der Waals surface area contributed by atoms with Gasteiger partial charge in [-0.15, -0.1) is 0 Å². The van der Waals surface area contributed by atoms with Gasteiger partial charge >= 0.3 is 0 Å². The smallest absolute Gasteiger partial charge is 0.237 e. The van der Waals surface area contributed by atoms with Gasteiger partial charge in [0.2, 0.25) is 11.8 Å². The quantitative estimate of drug-likeness (QED) is 0.772. The summed E-state index contributed by atoms with van der Waals surface area (Å²) in [6.07, 6.45) is 4.32. The summed E-state index contributed by atoms with van der Waals surface area (Å²) >= 11 is 0. The Labute approximate surface area is 128 Å². The van der Waals surface area contributed by atoms with Crippen LogP contribution in [0.4, 0.5) is 0 Å². The molecular weight excluding hydrogens is 268 g/mol. The number of nitrogens with one attached hydrogen (secondary N) is 2. The van der Waals surface area contributed by atoms with Crippen LogP contribution in [-0.2, 0) is 9.59 Å². The molecule has 0 unspecified atom stereocenters. The molecule has 21 heavy (non-hydrogen) atoms. The van der Waals surface area contributed by atoms with Crippen molar-refractivity contribution in [2.24, 2.45) is 0 Å². The molecule has 2 rings (SSSR count). The van der Waals surface area contributed by atoms with Crippen molar-refractivity contribution in [2.45, 2.75) is 44.7 Å². The van der Waals surface area contributed by atoms with E-state index in [1.807, 2.05) is 21.0 Å². The van der Waals surface area contributed by atoms with Crippen molar-refractivity contribution >= 4 is 11.8 Å². The number of hydrogen-bond acceptors (Lipinski definition) is 4. The average molecular weight is 298 g/mol. The molecule has 2 heterocycles. The summed E-state index contributed by atoms with van der Waals surface area (Å²) in [5.41, 5.74) is 0. The van der Waals surface area contributed by atoms with E-state index in [9.17, 15) is 9.59 Å². The fourth-order valence-corrected chi connectivity index (χ4v) is 2.94. The zero-order valence-electron chi connectivity index (χ0n) is 13.8. The zero-order valence-corrected chi connectivity index (χ0v) is 13.8. The minimum absolute atomic E-state index is 0.130. The highest BCUT2D eigenvalue weighted by Crippen LogP contribution is 2.14. The molecule has 0 aromatic carbocycles. The maximum absolute atomic E-state index is 11.3. The fourth-order valence-electron chi connectivity index (χ4n) is 2.94. The molecule has 6 heteroatoms. The number of likely N-dealkylation sites (tertiary alicyclic amines) is 2. The third-order valence-electron chi connectivity index (χ3n) is 4.24. The van der Waals surface area contributed by atoms with Crippen LogP contribution in [0.2, 0.25) is 0 Å². The summed E-state index contributed by atoms with van der Waals surface area (Å²) in [5.74, 6) is 0.340. The van der Waals surface area contributed by atoms with Crippen LogP contribution < -0.4 is 10.6 Å². The zero-order chi connectivity index (χ0) is 15.8. The van der Waals surface area contributed by atoms with E-state index in [4.69, 9.17) is 0 Å². The van der Waals surface area contributed by atoms with Crippen LogP contribution in [0.1, 0.15) is 32.6 Å². The molecule has 0 aromatic heterocycles. The number of amides is 2. The van der Waals surface area contributed by atoms with Gasteiger partial charge in [0.15, 0.2) is 0 Å². The second kappa shape index (κ2) is 9.00. The summed E-state index contributed by atoms with van der Waals surface area (Å²) in [7, 11) is 5.69. The lowest BCUT2D eigenvalue weighted by atomic mass is 10.2. The lowest BCUT2D eigenvalue weighted by Gasteiger charge is -2.17. The van der Waals surface area contributed by atoms with Crippen molar-refractivity contribution in [3.8, 4) is 0 Å². The molecule has 0 bridgehead atoms. The Hall–Kier alpha value is -1.14. The number of carbonyl (C=O) groups excluding carboxylic acids is 2. The topological polar surface area (TPSA) is 64.7 Å². The monoisotopic (exact) mass is 298 g/mol. The molecule has 122 valence electrons. The molecule has 2 aliphatic heterocycles. The van der Waals surface area contributed by atoms with Crippen LogP contribution in [0.15, 0.2) is 0 Å². The predicted molar refractivity (Wildman–Crippen MR) is 84.1 cm³/mol. The van der Waals surface area contributed by atoms with Crippen LogP contribution in [0.3, 0.4) is 0 Å². The van der Waals surface area contributed by atoms with Crippen LogP contribution in [0.5, 0.6) is 0 Å². The van der Waals surface area contributed by atoms with E-state index < -0.39 is 0 Å². The van der Waals surface area contributed by atoms with E-state index in [2.05, 4.69) is 20.4 Å². The van der Waals surface area contributed by atoms with Crippen LogP contribution in [-0.4, -0.2) is 74.5 Å². The van der Waals surface area contributed by atoms with Gasteiger partial charge in [0.25, 0.3) is 0 Å². The van der Waals surface area contributed by atoms with Gasteiger partial charge in [-0.05, 0) is 59.8 Å². The van der Waals surface area contributed by atoms with Gasteiger partial charge in [-0.25, -0.2) is 0 Å². The second-order valence-electron chi connectivity index (χ2n) is 5.79. The average Bonchev–Trinajstić information content (AvgIpc) is 3.07. The molecule has 2 fully saturated rings. The number of nitrogens with zero attached hydrogens (tertiary/aromatic N) is 2. The van der Waals surface area contributed by atoms with Crippen LogP contribution in [0.25, 0.3) is 0 Å². The number of likely N-dealkylation sites (N-methyl/N-ethyl adjacent to an activating group) is 4. The highest BCUT2D eigenvalue weighted by atomic mass is 16.2. The Bertz CT molecular complexity index is 349. The summed E-state index contributed by atoms with van der Waals surface area (Å²) < 4.78 is 0. The van der Waals surface area contributed by atoms with E-state index in [1.54, 1.807) is 7.05 Å². The number of carbonyl (C=O) groups is 2. The molecule has 2 N–H and O–H groups in total. The molecule has 0 spiro atoms. The van der Waals surface area contributed by atoms with Gasteiger partial charge in [-0.2, -0.15) is 0 Å². The van der Waals surface area contributed by atoms with Crippen molar-refractivity contribution in [1.29, 1.82) is 0 Å². The maximum atomic E-state index is 11.3. The van der Waals surface area contributed by atoms with E-state index in [1.165, 1.54) is 0 Å². The van der Waals surface area contributed by atoms with Crippen LogP contribution >= 0.6 is 0 Å². The third kappa shape index (κ3) is 5.28. The maximum Gasteiger partial charge on any atom is 0.237 e. The summed E-state index contributed by atoms with van der Waals surface area (Å²) in [5, 5.41) is 5.49. The highest BCUT2D eigenvalue weighted by Gasteiger charge is 2.27. The lowest BCUT2D eigenvalue weighted by Crippen LogP contribution is -2.41. The van der Waals surface area contributed by atoms with Crippen molar-refractivity contribution in [3.63, 3.8) is 0 Å². The van der Waals surface area contributed by atoms with Gasteiger partial charge in [0.05, 0.1) is 12.1 Å². The van der Waals surface area contributed by atoms with Crippen molar-refractivity contribution in [3.05, 3.63) is 0 Å². The molecule has 0 aliphatic carbocycles. The largest absolute Gasteiger partial charge is 0.358 e. The van der Waals surface area contributed by atoms with Crippen molar-refractivity contribution in [2.75, 3.05) is 40.8 Å². The molecule has 2 saturated heterocycles. The first kappa shape index (κ1) is 17.9.